The quantitative estimate of drug-likeness (QED) is 0.833. The van der Waals surface area contributed by atoms with Crippen molar-refractivity contribution in [1.82, 2.24) is 9.88 Å². The van der Waals surface area contributed by atoms with Crippen LogP contribution in [0, 0.1) is 6.92 Å². The normalized spacial score (nSPS) is 17.6. The minimum absolute atomic E-state index is 0.0614. The third-order valence-electron chi connectivity index (χ3n) is 4.16. The predicted octanol–water partition coefficient (Wildman–Crippen LogP) is 3.26. The van der Waals surface area contributed by atoms with Gasteiger partial charge in [-0.15, -0.1) is 11.3 Å². The molecule has 3 rings (SSSR count). The van der Waals surface area contributed by atoms with Crippen molar-refractivity contribution in [2.45, 2.75) is 25.8 Å². The zero-order valence-corrected chi connectivity index (χ0v) is 15.2. The first-order chi connectivity index (χ1) is 11.9. The summed E-state index contributed by atoms with van der Waals surface area (Å²) in [7, 11) is 0. The summed E-state index contributed by atoms with van der Waals surface area (Å²) >= 11 is 7.30. The molecule has 2 heterocycles. The second kappa shape index (κ2) is 7.51. The Morgan fingerprint density at radius 1 is 1.40 bits per heavy atom. The molecule has 0 saturated carbocycles. The molecule has 1 fully saturated rings. The molecular weight excluding hydrogens is 362 g/mol. The SMILES string of the molecule is Cc1sc(NC(=O)CN2CCC[C@@H]2C(=O)O)nc1-c1ccc(Cl)cc1. The summed E-state index contributed by atoms with van der Waals surface area (Å²) in [5, 5.41) is 13.1. The number of aromatic nitrogens is 1. The Morgan fingerprint density at radius 3 is 2.80 bits per heavy atom. The summed E-state index contributed by atoms with van der Waals surface area (Å²) in [6, 6.07) is 6.80. The molecule has 0 aliphatic carbocycles. The second-order valence-corrected chi connectivity index (χ2v) is 7.59. The highest BCUT2D eigenvalue weighted by molar-refractivity contribution is 7.16. The third kappa shape index (κ3) is 4.18. The monoisotopic (exact) mass is 379 g/mol. The Kier molecular flexibility index (Phi) is 5.36. The van der Waals surface area contributed by atoms with Crippen molar-refractivity contribution in [3.8, 4) is 11.3 Å². The molecule has 1 aliphatic rings. The fourth-order valence-corrected chi connectivity index (χ4v) is 3.94. The highest BCUT2D eigenvalue weighted by Crippen LogP contribution is 2.31. The molecule has 0 spiro atoms. The molecule has 1 aliphatic heterocycles. The molecule has 1 amide bonds. The number of amides is 1. The smallest absolute Gasteiger partial charge is 0.320 e. The van der Waals surface area contributed by atoms with Crippen LogP contribution in [0.25, 0.3) is 11.3 Å². The number of carboxylic acids is 1. The molecule has 132 valence electrons. The van der Waals surface area contributed by atoms with Gasteiger partial charge in [0.1, 0.15) is 6.04 Å². The predicted molar refractivity (Wildman–Crippen MR) is 98.2 cm³/mol. The summed E-state index contributed by atoms with van der Waals surface area (Å²) in [5.41, 5.74) is 1.74. The van der Waals surface area contributed by atoms with E-state index in [1.54, 1.807) is 17.0 Å². The maximum Gasteiger partial charge on any atom is 0.320 e. The molecule has 6 nitrogen and oxygen atoms in total. The number of thiazole rings is 1. The highest BCUT2D eigenvalue weighted by Gasteiger charge is 2.31. The maximum absolute atomic E-state index is 12.2. The van der Waals surface area contributed by atoms with Crippen LogP contribution in [-0.2, 0) is 9.59 Å². The van der Waals surface area contributed by atoms with E-state index in [0.717, 1.165) is 22.6 Å². The lowest BCUT2D eigenvalue weighted by Crippen LogP contribution is -2.40. The lowest BCUT2D eigenvalue weighted by molar-refractivity contribution is -0.142. The van der Waals surface area contributed by atoms with Crippen molar-refractivity contribution in [2.24, 2.45) is 0 Å². The second-order valence-electron chi connectivity index (χ2n) is 5.95. The van der Waals surface area contributed by atoms with Crippen molar-refractivity contribution in [3.05, 3.63) is 34.2 Å². The molecule has 1 aromatic heterocycles. The Balaban J connectivity index is 1.67. The van der Waals surface area contributed by atoms with E-state index < -0.39 is 12.0 Å². The van der Waals surface area contributed by atoms with E-state index in [0.29, 0.717) is 23.1 Å². The van der Waals surface area contributed by atoms with Gasteiger partial charge in [-0.2, -0.15) is 0 Å². The van der Waals surface area contributed by atoms with Gasteiger partial charge in [-0.1, -0.05) is 23.7 Å². The Bertz CT molecular complexity index is 791. The summed E-state index contributed by atoms with van der Waals surface area (Å²) < 4.78 is 0. The van der Waals surface area contributed by atoms with Gasteiger partial charge in [0.25, 0.3) is 0 Å². The summed E-state index contributed by atoms with van der Waals surface area (Å²) in [6.07, 6.45) is 1.38. The van der Waals surface area contributed by atoms with Crippen LogP contribution in [0.4, 0.5) is 5.13 Å². The zero-order valence-electron chi connectivity index (χ0n) is 13.7. The van der Waals surface area contributed by atoms with Crippen LogP contribution in [-0.4, -0.2) is 46.0 Å². The van der Waals surface area contributed by atoms with Gasteiger partial charge in [0, 0.05) is 15.5 Å². The van der Waals surface area contributed by atoms with Crippen molar-refractivity contribution in [2.75, 3.05) is 18.4 Å². The van der Waals surface area contributed by atoms with E-state index in [9.17, 15) is 14.7 Å². The van der Waals surface area contributed by atoms with Crippen LogP contribution >= 0.6 is 22.9 Å². The van der Waals surface area contributed by atoms with Crippen molar-refractivity contribution >= 4 is 39.9 Å². The van der Waals surface area contributed by atoms with Crippen LogP contribution in [0.2, 0.25) is 5.02 Å². The molecule has 1 saturated heterocycles. The van der Waals surface area contributed by atoms with Gasteiger partial charge in [0.05, 0.1) is 12.2 Å². The van der Waals surface area contributed by atoms with E-state index in [-0.39, 0.29) is 12.5 Å². The summed E-state index contributed by atoms with van der Waals surface area (Å²) in [4.78, 5) is 30.6. The van der Waals surface area contributed by atoms with Crippen LogP contribution in [0.1, 0.15) is 17.7 Å². The largest absolute Gasteiger partial charge is 0.480 e. The Labute approximate surface area is 154 Å². The molecule has 0 unspecified atom stereocenters. The number of benzene rings is 1. The van der Waals surface area contributed by atoms with Gasteiger partial charge >= 0.3 is 5.97 Å². The van der Waals surface area contributed by atoms with Gasteiger partial charge in [-0.05, 0) is 38.4 Å². The Morgan fingerprint density at radius 2 is 2.12 bits per heavy atom. The number of likely N-dealkylation sites (tertiary alicyclic amines) is 1. The number of carbonyl (C=O) groups excluding carboxylic acids is 1. The van der Waals surface area contributed by atoms with Crippen molar-refractivity contribution < 1.29 is 14.7 Å². The fourth-order valence-electron chi connectivity index (χ4n) is 2.96. The molecule has 8 heteroatoms. The molecule has 1 atom stereocenters. The molecule has 1 aromatic carbocycles. The first-order valence-electron chi connectivity index (χ1n) is 7.94. The average molecular weight is 380 g/mol. The first-order valence-corrected chi connectivity index (χ1v) is 9.13. The highest BCUT2D eigenvalue weighted by atomic mass is 35.5. The number of aryl methyl sites for hydroxylation is 1. The maximum atomic E-state index is 12.2. The zero-order chi connectivity index (χ0) is 18.0. The van der Waals surface area contributed by atoms with Crippen LogP contribution in [0.15, 0.2) is 24.3 Å². The molecule has 0 bridgehead atoms. The number of carboxylic acid groups (broad SMARTS) is 1. The summed E-state index contributed by atoms with van der Waals surface area (Å²) in [5.74, 6) is -1.12. The molecule has 2 N–H and O–H groups in total. The van der Waals surface area contributed by atoms with Crippen LogP contribution in [0.3, 0.4) is 0 Å². The van der Waals surface area contributed by atoms with Gasteiger partial charge in [-0.25, -0.2) is 4.98 Å². The minimum atomic E-state index is -0.875. The standard InChI is InChI=1S/C17H18ClN3O3S/c1-10-15(11-4-6-12(18)7-5-11)20-17(25-10)19-14(22)9-21-8-2-3-13(21)16(23)24/h4-7,13H,2-3,8-9H2,1H3,(H,23,24)(H,19,20,22)/t13-/m1/s1. The molecule has 2 aromatic rings. The van der Waals surface area contributed by atoms with Crippen molar-refractivity contribution in [3.63, 3.8) is 0 Å². The van der Waals surface area contributed by atoms with Gasteiger partial charge in [0.2, 0.25) is 5.91 Å². The van der Waals surface area contributed by atoms with Crippen molar-refractivity contribution in [1.29, 1.82) is 0 Å². The fraction of sp³-hybridized carbons (Fsp3) is 0.353. The summed E-state index contributed by atoms with van der Waals surface area (Å²) in [6.45, 7) is 2.63. The number of carbonyl (C=O) groups is 2. The number of hydrogen-bond donors (Lipinski definition) is 2. The number of nitrogens with one attached hydrogen (secondary N) is 1. The van der Waals surface area contributed by atoms with Crippen LogP contribution in [0.5, 0.6) is 0 Å². The van der Waals surface area contributed by atoms with E-state index in [1.165, 1.54) is 11.3 Å². The Hall–Kier alpha value is -1.96. The van der Waals surface area contributed by atoms with Gasteiger partial charge < -0.3 is 10.4 Å². The minimum Gasteiger partial charge on any atom is -0.480 e. The first kappa shape index (κ1) is 17.8. The molecule has 0 radical (unpaired) electrons. The molecular formula is C17H18ClN3O3S. The number of nitrogens with zero attached hydrogens (tertiary/aromatic N) is 2. The van der Waals surface area contributed by atoms with E-state index in [4.69, 9.17) is 11.6 Å². The number of aliphatic carboxylic acids is 1. The van der Waals surface area contributed by atoms with E-state index in [2.05, 4.69) is 10.3 Å². The number of rotatable bonds is 5. The molecule has 25 heavy (non-hydrogen) atoms. The third-order valence-corrected chi connectivity index (χ3v) is 5.29. The lowest BCUT2D eigenvalue weighted by atomic mass is 10.1. The lowest BCUT2D eigenvalue weighted by Gasteiger charge is -2.19. The topological polar surface area (TPSA) is 82.5 Å². The number of anilines is 1. The number of halogens is 1. The van der Waals surface area contributed by atoms with Gasteiger partial charge in [0.15, 0.2) is 5.13 Å². The van der Waals surface area contributed by atoms with Gasteiger partial charge in [-0.3, -0.25) is 14.5 Å². The van der Waals surface area contributed by atoms with E-state index >= 15 is 0 Å². The average Bonchev–Trinajstić information content (AvgIpc) is 3.15. The van der Waals surface area contributed by atoms with Crippen LogP contribution < -0.4 is 5.32 Å². The van der Waals surface area contributed by atoms with E-state index in [1.807, 2.05) is 19.1 Å². The number of hydrogen-bond acceptors (Lipinski definition) is 5.